The number of rotatable bonds is 8. The topological polar surface area (TPSA) is 39.1 Å². The predicted molar refractivity (Wildman–Crippen MR) is 88.4 cm³/mol. The van der Waals surface area contributed by atoms with Crippen molar-refractivity contribution < 1.29 is 4.74 Å². The molecular formula is C16H22BrN3O. The van der Waals surface area contributed by atoms with Gasteiger partial charge in [-0.15, -0.1) is 0 Å². The highest BCUT2D eigenvalue weighted by Gasteiger charge is 2.03. The largest absolute Gasteiger partial charge is 0.492 e. The van der Waals surface area contributed by atoms with Gasteiger partial charge in [-0.3, -0.25) is 4.68 Å². The van der Waals surface area contributed by atoms with Crippen molar-refractivity contribution in [1.29, 1.82) is 0 Å². The van der Waals surface area contributed by atoms with E-state index in [0.29, 0.717) is 12.5 Å². The second kappa shape index (κ2) is 8.20. The zero-order chi connectivity index (χ0) is 15.1. The highest BCUT2D eigenvalue weighted by molar-refractivity contribution is 9.10. The van der Waals surface area contributed by atoms with Gasteiger partial charge >= 0.3 is 0 Å². The van der Waals surface area contributed by atoms with Gasteiger partial charge < -0.3 is 10.1 Å². The normalized spacial score (nSPS) is 11.0. The Hall–Kier alpha value is -1.33. The van der Waals surface area contributed by atoms with E-state index in [0.717, 1.165) is 29.9 Å². The van der Waals surface area contributed by atoms with Crippen LogP contribution in [0.4, 0.5) is 0 Å². The molecule has 1 aromatic heterocycles. The monoisotopic (exact) mass is 351 g/mol. The van der Waals surface area contributed by atoms with Gasteiger partial charge in [0, 0.05) is 17.2 Å². The summed E-state index contributed by atoms with van der Waals surface area (Å²) in [6, 6.07) is 9.92. The standard InChI is InChI=1S/C16H22BrN3O/c1-13(2)11-18-12-15-6-7-19-20(15)8-9-21-16-5-3-4-14(17)10-16/h3-7,10,13,18H,8-9,11-12H2,1-2H3. The first-order valence-electron chi connectivity index (χ1n) is 7.25. The molecule has 0 bridgehead atoms. The van der Waals surface area contributed by atoms with Crippen LogP contribution in [0.3, 0.4) is 0 Å². The second-order valence-electron chi connectivity index (χ2n) is 5.38. The second-order valence-corrected chi connectivity index (χ2v) is 6.29. The van der Waals surface area contributed by atoms with Gasteiger partial charge in [0.15, 0.2) is 0 Å². The van der Waals surface area contributed by atoms with Crippen LogP contribution in [0.2, 0.25) is 0 Å². The van der Waals surface area contributed by atoms with E-state index in [2.05, 4.69) is 40.2 Å². The van der Waals surface area contributed by atoms with Crippen LogP contribution in [0.25, 0.3) is 0 Å². The van der Waals surface area contributed by atoms with Crippen LogP contribution in [-0.4, -0.2) is 22.9 Å². The molecule has 0 aliphatic rings. The first-order chi connectivity index (χ1) is 10.1. The van der Waals surface area contributed by atoms with Crippen molar-refractivity contribution in [2.75, 3.05) is 13.2 Å². The molecule has 0 unspecified atom stereocenters. The van der Waals surface area contributed by atoms with Gasteiger partial charge in [-0.1, -0.05) is 35.8 Å². The van der Waals surface area contributed by atoms with Gasteiger partial charge in [0.25, 0.3) is 0 Å². The van der Waals surface area contributed by atoms with E-state index >= 15 is 0 Å². The number of hydrogen-bond donors (Lipinski definition) is 1. The van der Waals surface area contributed by atoms with E-state index in [1.165, 1.54) is 5.69 Å². The smallest absolute Gasteiger partial charge is 0.120 e. The van der Waals surface area contributed by atoms with Gasteiger partial charge in [-0.2, -0.15) is 5.10 Å². The summed E-state index contributed by atoms with van der Waals surface area (Å²) in [6.45, 7) is 7.62. The van der Waals surface area contributed by atoms with E-state index < -0.39 is 0 Å². The van der Waals surface area contributed by atoms with Crippen molar-refractivity contribution in [2.24, 2.45) is 5.92 Å². The molecule has 114 valence electrons. The highest BCUT2D eigenvalue weighted by Crippen LogP contribution is 2.17. The lowest BCUT2D eigenvalue weighted by Gasteiger charge is -2.11. The lowest BCUT2D eigenvalue weighted by Crippen LogP contribution is -2.22. The number of hydrogen-bond acceptors (Lipinski definition) is 3. The molecule has 0 aliphatic carbocycles. The van der Waals surface area contributed by atoms with Gasteiger partial charge in [-0.25, -0.2) is 0 Å². The molecule has 2 aromatic rings. The van der Waals surface area contributed by atoms with Crippen LogP contribution in [0.5, 0.6) is 5.75 Å². The van der Waals surface area contributed by atoms with E-state index in [1.54, 1.807) is 0 Å². The average Bonchev–Trinajstić information content (AvgIpc) is 2.86. The third kappa shape index (κ3) is 5.52. The molecule has 4 nitrogen and oxygen atoms in total. The summed E-state index contributed by atoms with van der Waals surface area (Å²) in [4.78, 5) is 0. The van der Waals surface area contributed by atoms with Crippen LogP contribution in [-0.2, 0) is 13.1 Å². The summed E-state index contributed by atoms with van der Waals surface area (Å²) >= 11 is 3.44. The molecule has 0 spiro atoms. The van der Waals surface area contributed by atoms with Crippen LogP contribution in [0.15, 0.2) is 41.0 Å². The Labute approximate surface area is 134 Å². The Morgan fingerprint density at radius 3 is 2.95 bits per heavy atom. The lowest BCUT2D eigenvalue weighted by atomic mass is 10.2. The molecule has 21 heavy (non-hydrogen) atoms. The number of aromatic nitrogens is 2. The first kappa shape index (κ1) is 16.0. The SMILES string of the molecule is CC(C)CNCc1ccnn1CCOc1cccc(Br)c1. The fourth-order valence-electron chi connectivity index (χ4n) is 2.01. The molecule has 1 aromatic carbocycles. The molecular weight excluding hydrogens is 330 g/mol. The van der Waals surface area contributed by atoms with Gasteiger partial charge in [0.2, 0.25) is 0 Å². The fraction of sp³-hybridized carbons (Fsp3) is 0.438. The molecule has 0 saturated heterocycles. The number of nitrogens with zero attached hydrogens (tertiary/aromatic N) is 2. The maximum atomic E-state index is 5.75. The van der Waals surface area contributed by atoms with E-state index in [4.69, 9.17) is 4.74 Å². The molecule has 0 amide bonds. The Kier molecular flexibility index (Phi) is 6.26. The van der Waals surface area contributed by atoms with E-state index in [9.17, 15) is 0 Å². The van der Waals surface area contributed by atoms with E-state index in [1.807, 2.05) is 41.2 Å². The molecule has 1 N–H and O–H groups in total. The molecule has 0 aliphatic heterocycles. The third-order valence-electron chi connectivity index (χ3n) is 3.03. The number of ether oxygens (including phenoxy) is 1. The predicted octanol–water partition coefficient (Wildman–Crippen LogP) is 3.47. The lowest BCUT2D eigenvalue weighted by molar-refractivity contribution is 0.288. The van der Waals surface area contributed by atoms with Crippen molar-refractivity contribution in [3.05, 3.63) is 46.7 Å². The van der Waals surface area contributed by atoms with Crippen LogP contribution in [0.1, 0.15) is 19.5 Å². The summed E-state index contributed by atoms with van der Waals surface area (Å²) in [6.07, 6.45) is 1.84. The van der Waals surface area contributed by atoms with Crippen LogP contribution in [0, 0.1) is 5.92 Å². The fourth-order valence-corrected chi connectivity index (χ4v) is 2.39. The average molecular weight is 352 g/mol. The van der Waals surface area contributed by atoms with E-state index in [-0.39, 0.29) is 0 Å². The maximum Gasteiger partial charge on any atom is 0.120 e. The zero-order valence-electron chi connectivity index (χ0n) is 12.6. The third-order valence-corrected chi connectivity index (χ3v) is 3.52. The summed E-state index contributed by atoms with van der Waals surface area (Å²) in [7, 11) is 0. The molecule has 0 atom stereocenters. The van der Waals surface area contributed by atoms with Crippen LogP contribution >= 0.6 is 15.9 Å². The minimum absolute atomic E-state index is 0.606. The molecule has 0 fully saturated rings. The summed E-state index contributed by atoms with van der Waals surface area (Å²) in [5.74, 6) is 1.53. The number of nitrogens with one attached hydrogen (secondary N) is 1. The van der Waals surface area contributed by atoms with Crippen molar-refractivity contribution in [3.8, 4) is 5.75 Å². The minimum atomic E-state index is 0.606. The molecule has 0 saturated carbocycles. The first-order valence-corrected chi connectivity index (χ1v) is 8.04. The quantitative estimate of drug-likeness (QED) is 0.791. The summed E-state index contributed by atoms with van der Waals surface area (Å²) < 4.78 is 8.76. The molecule has 2 rings (SSSR count). The minimum Gasteiger partial charge on any atom is -0.492 e. The molecule has 0 radical (unpaired) electrons. The van der Waals surface area contributed by atoms with Gasteiger partial charge in [-0.05, 0) is 36.7 Å². The number of halogens is 1. The van der Waals surface area contributed by atoms with Crippen LogP contribution < -0.4 is 10.1 Å². The Morgan fingerprint density at radius 2 is 2.19 bits per heavy atom. The molecule has 1 heterocycles. The zero-order valence-corrected chi connectivity index (χ0v) is 14.1. The van der Waals surface area contributed by atoms with Crippen molar-refractivity contribution >= 4 is 15.9 Å². The Bertz CT molecular complexity index is 554. The van der Waals surface area contributed by atoms with Crippen molar-refractivity contribution in [2.45, 2.75) is 26.9 Å². The Morgan fingerprint density at radius 1 is 1.33 bits per heavy atom. The van der Waals surface area contributed by atoms with Gasteiger partial charge in [0.1, 0.15) is 12.4 Å². The van der Waals surface area contributed by atoms with Gasteiger partial charge in [0.05, 0.1) is 12.2 Å². The summed E-state index contributed by atoms with van der Waals surface area (Å²) in [5, 5.41) is 7.79. The highest BCUT2D eigenvalue weighted by atomic mass is 79.9. The van der Waals surface area contributed by atoms with Crippen molar-refractivity contribution in [1.82, 2.24) is 15.1 Å². The summed E-state index contributed by atoms with van der Waals surface area (Å²) in [5.41, 5.74) is 1.19. The maximum absolute atomic E-state index is 5.75. The Balaban J connectivity index is 1.79. The molecule has 5 heteroatoms. The van der Waals surface area contributed by atoms with Crippen molar-refractivity contribution in [3.63, 3.8) is 0 Å². The number of benzene rings is 1.